The third-order valence-corrected chi connectivity index (χ3v) is 1.79. The number of nitrogens with zero attached hydrogens (tertiary/aromatic N) is 1. The van der Waals surface area contributed by atoms with E-state index in [4.69, 9.17) is 16.0 Å². The zero-order chi connectivity index (χ0) is 9.19. The van der Waals surface area contributed by atoms with E-state index in [0.717, 1.165) is 11.7 Å². The van der Waals surface area contributed by atoms with E-state index in [1.54, 1.807) is 6.20 Å². The minimum absolute atomic E-state index is 0.0392. The maximum atomic E-state index is 5.56. The van der Waals surface area contributed by atoms with Gasteiger partial charge >= 0.3 is 0 Å². The lowest BCUT2D eigenvalue weighted by Gasteiger charge is -2.12. The topological polar surface area (TPSA) is 26.0 Å². The second-order valence-electron chi connectivity index (χ2n) is 3.81. The van der Waals surface area contributed by atoms with Crippen LogP contribution in [-0.4, -0.2) is 10.9 Å². The Morgan fingerprint density at radius 1 is 1.50 bits per heavy atom. The summed E-state index contributed by atoms with van der Waals surface area (Å²) in [5, 5.41) is 0. The van der Waals surface area contributed by atoms with E-state index in [9.17, 15) is 0 Å². The van der Waals surface area contributed by atoms with Crippen LogP contribution in [0.4, 0.5) is 0 Å². The minimum atomic E-state index is 0.0392. The molecule has 0 N–H and O–H groups in total. The van der Waals surface area contributed by atoms with Crippen LogP contribution < -0.4 is 0 Å². The number of aryl methyl sites for hydroxylation is 1. The van der Waals surface area contributed by atoms with Crippen LogP contribution in [0.15, 0.2) is 10.6 Å². The number of hydrogen-bond acceptors (Lipinski definition) is 2. The molecule has 68 valence electrons. The zero-order valence-electron chi connectivity index (χ0n) is 7.72. The van der Waals surface area contributed by atoms with Gasteiger partial charge in [0.1, 0.15) is 5.76 Å². The normalized spacial score (nSPS) is 12.0. The highest BCUT2D eigenvalue weighted by molar-refractivity contribution is 6.17. The molecule has 0 amide bonds. The molecular formula is C9H14ClNO. The Kier molecular flexibility index (Phi) is 2.78. The van der Waals surface area contributed by atoms with Crippen molar-refractivity contribution in [2.45, 2.75) is 32.6 Å². The molecular weight excluding hydrogens is 174 g/mol. The van der Waals surface area contributed by atoms with Crippen LogP contribution in [-0.2, 0) is 11.8 Å². The predicted octanol–water partition coefficient (Wildman–Crippen LogP) is 2.75. The summed E-state index contributed by atoms with van der Waals surface area (Å²) in [6.07, 6.45) is 2.49. The Hall–Kier alpha value is -0.500. The molecule has 1 aromatic rings. The number of hydrogen-bond donors (Lipinski definition) is 0. The highest BCUT2D eigenvalue weighted by atomic mass is 35.5. The summed E-state index contributed by atoms with van der Waals surface area (Å²) in [6.45, 7) is 6.29. The molecule has 0 aliphatic heterocycles. The van der Waals surface area contributed by atoms with Gasteiger partial charge in [0.2, 0.25) is 0 Å². The molecule has 0 unspecified atom stereocenters. The van der Waals surface area contributed by atoms with Crippen molar-refractivity contribution in [3.05, 3.63) is 17.8 Å². The quantitative estimate of drug-likeness (QED) is 0.666. The van der Waals surface area contributed by atoms with Crippen LogP contribution in [0.25, 0.3) is 0 Å². The first-order valence-electron chi connectivity index (χ1n) is 4.05. The van der Waals surface area contributed by atoms with Crippen LogP contribution in [0.1, 0.15) is 32.4 Å². The lowest BCUT2D eigenvalue weighted by molar-refractivity contribution is 0.385. The summed E-state index contributed by atoms with van der Waals surface area (Å²) >= 11 is 5.56. The third-order valence-electron chi connectivity index (χ3n) is 1.60. The fraction of sp³-hybridized carbons (Fsp3) is 0.667. The van der Waals surface area contributed by atoms with Crippen molar-refractivity contribution < 1.29 is 4.42 Å². The smallest absolute Gasteiger partial charge is 0.195 e. The lowest BCUT2D eigenvalue weighted by Crippen LogP contribution is -2.09. The summed E-state index contributed by atoms with van der Waals surface area (Å²) in [6, 6.07) is 0. The predicted molar refractivity (Wildman–Crippen MR) is 49.6 cm³/mol. The van der Waals surface area contributed by atoms with Crippen molar-refractivity contribution >= 4 is 11.6 Å². The number of aromatic nitrogens is 1. The SMILES string of the molecule is CC(C)(C)c1cnc(CCCl)o1. The van der Waals surface area contributed by atoms with Crippen LogP contribution >= 0.6 is 11.6 Å². The van der Waals surface area contributed by atoms with Gasteiger partial charge in [0.05, 0.1) is 6.20 Å². The highest BCUT2D eigenvalue weighted by Gasteiger charge is 2.18. The second kappa shape index (κ2) is 3.48. The minimum Gasteiger partial charge on any atom is -0.445 e. The molecule has 1 rings (SSSR count). The molecule has 0 atom stereocenters. The van der Waals surface area contributed by atoms with Crippen molar-refractivity contribution in [1.82, 2.24) is 4.98 Å². The van der Waals surface area contributed by atoms with Crippen molar-refractivity contribution in [2.75, 3.05) is 5.88 Å². The average molecular weight is 188 g/mol. The average Bonchev–Trinajstić information content (AvgIpc) is 2.35. The highest BCUT2D eigenvalue weighted by Crippen LogP contribution is 2.22. The monoisotopic (exact) mass is 187 g/mol. The van der Waals surface area contributed by atoms with E-state index in [2.05, 4.69) is 25.8 Å². The van der Waals surface area contributed by atoms with Gasteiger partial charge < -0.3 is 4.42 Å². The molecule has 0 fully saturated rings. The molecule has 0 aliphatic rings. The van der Waals surface area contributed by atoms with Gasteiger partial charge in [0.15, 0.2) is 5.89 Å². The molecule has 0 saturated heterocycles. The van der Waals surface area contributed by atoms with E-state index >= 15 is 0 Å². The van der Waals surface area contributed by atoms with Gasteiger partial charge in [-0.2, -0.15) is 0 Å². The molecule has 12 heavy (non-hydrogen) atoms. The first kappa shape index (κ1) is 9.59. The summed E-state index contributed by atoms with van der Waals surface area (Å²) in [7, 11) is 0. The van der Waals surface area contributed by atoms with Gasteiger partial charge in [0, 0.05) is 17.7 Å². The maximum absolute atomic E-state index is 5.56. The van der Waals surface area contributed by atoms with Crippen LogP contribution in [0.5, 0.6) is 0 Å². The molecule has 0 aliphatic carbocycles. The Morgan fingerprint density at radius 2 is 2.17 bits per heavy atom. The van der Waals surface area contributed by atoms with Crippen LogP contribution in [0, 0.1) is 0 Å². The molecule has 0 bridgehead atoms. The van der Waals surface area contributed by atoms with Crippen molar-refractivity contribution in [3.8, 4) is 0 Å². The third kappa shape index (κ3) is 2.24. The van der Waals surface area contributed by atoms with Crippen molar-refractivity contribution in [1.29, 1.82) is 0 Å². The largest absolute Gasteiger partial charge is 0.445 e. The lowest BCUT2D eigenvalue weighted by atomic mass is 9.94. The molecule has 3 heteroatoms. The number of halogens is 1. The first-order valence-corrected chi connectivity index (χ1v) is 4.58. The standard InChI is InChI=1S/C9H14ClNO/c1-9(2,3)7-6-11-8(12-7)4-5-10/h6H,4-5H2,1-3H3. The van der Waals surface area contributed by atoms with Crippen molar-refractivity contribution in [3.63, 3.8) is 0 Å². The Labute approximate surface area is 77.9 Å². The first-order chi connectivity index (χ1) is 5.54. The zero-order valence-corrected chi connectivity index (χ0v) is 8.48. The van der Waals surface area contributed by atoms with E-state index in [0.29, 0.717) is 12.3 Å². The number of rotatable bonds is 2. The van der Waals surface area contributed by atoms with Gasteiger partial charge in [-0.3, -0.25) is 0 Å². The Morgan fingerprint density at radius 3 is 2.58 bits per heavy atom. The van der Waals surface area contributed by atoms with E-state index in [-0.39, 0.29) is 5.41 Å². The van der Waals surface area contributed by atoms with Crippen molar-refractivity contribution in [2.24, 2.45) is 0 Å². The van der Waals surface area contributed by atoms with Gasteiger partial charge in [0.25, 0.3) is 0 Å². The molecule has 0 aromatic carbocycles. The molecule has 0 saturated carbocycles. The number of alkyl halides is 1. The van der Waals surface area contributed by atoms with Gasteiger partial charge in [-0.1, -0.05) is 20.8 Å². The molecule has 1 heterocycles. The van der Waals surface area contributed by atoms with E-state index < -0.39 is 0 Å². The molecule has 0 spiro atoms. The van der Waals surface area contributed by atoms with Gasteiger partial charge in [-0.25, -0.2) is 4.98 Å². The Bertz CT molecular complexity index is 249. The van der Waals surface area contributed by atoms with E-state index in [1.807, 2.05) is 0 Å². The fourth-order valence-corrected chi connectivity index (χ4v) is 1.02. The van der Waals surface area contributed by atoms with Crippen LogP contribution in [0.3, 0.4) is 0 Å². The maximum Gasteiger partial charge on any atom is 0.195 e. The molecule has 2 nitrogen and oxygen atoms in total. The summed E-state index contributed by atoms with van der Waals surface area (Å²) < 4.78 is 5.49. The summed E-state index contributed by atoms with van der Waals surface area (Å²) in [4.78, 5) is 4.12. The molecule has 0 radical (unpaired) electrons. The summed E-state index contributed by atoms with van der Waals surface area (Å²) in [5.41, 5.74) is 0.0392. The van der Waals surface area contributed by atoms with Gasteiger partial charge in [-0.05, 0) is 0 Å². The van der Waals surface area contributed by atoms with Gasteiger partial charge in [-0.15, -0.1) is 11.6 Å². The second-order valence-corrected chi connectivity index (χ2v) is 4.19. The fourth-order valence-electron chi connectivity index (χ4n) is 0.853. The Balaban J connectivity index is 2.77. The number of oxazole rings is 1. The van der Waals surface area contributed by atoms with Crippen LogP contribution in [0.2, 0.25) is 0 Å². The molecule has 1 aromatic heterocycles. The van der Waals surface area contributed by atoms with E-state index in [1.165, 1.54) is 0 Å². The summed E-state index contributed by atoms with van der Waals surface area (Å²) in [5.74, 6) is 2.21.